The lowest BCUT2D eigenvalue weighted by atomic mass is 9.89. The highest BCUT2D eigenvalue weighted by Crippen LogP contribution is 2.40. The van der Waals surface area contributed by atoms with Crippen LogP contribution in [0.15, 0.2) is 30.3 Å². The van der Waals surface area contributed by atoms with Gasteiger partial charge in [0.2, 0.25) is 0 Å². The Morgan fingerprint density at radius 1 is 1.21 bits per heavy atom. The summed E-state index contributed by atoms with van der Waals surface area (Å²) >= 11 is 6.29. The van der Waals surface area contributed by atoms with E-state index < -0.39 is 11.9 Å². The molecule has 1 aliphatic heterocycles. The van der Waals surface area contributed by atoms with Gasteiger partial charge in [-0.1, -0.05) is 31.5 Å². The summed E-state index contributed by atoms with van der Waals surface area (Å²) in [6.45, 7) is 10.3. The van der Waals surface area contributed by atoms with Crippen LogP contribution in [0.3, 0.4) is 0 Å². The Labute approximate surface area is 171 Å². The topological polar surface area (TPSA) is 55.8 Å². The summed E-state index contributed by atoms with van der Waals surface area (Å²) < 4.78 is 12.1. The Bertz CT molecular complexity index is 902. The highest BCUT2D eigenvalue weighted by atomic mass is 35.5. The molecule has 150 valence electrons. The Hall–Kier alpha value is -2.20. The van der Waals surface area contributed by atoms with Gasteiger partial charge in [0.05, 0.1) is 5.92 Å². The summed E-state index contributed by atoms with van der Waals surface area (Å²) in [6, 6.07) is 9.46. The van der Waals surface area contributed by atoms with E-state index >= 15 is 0 Å². The Balaban J connectivity index is 1.85. The van der Waals surface area contributed by atoms with Gasteiger partial charge < -0.3 is 14.6 Å². The zero-order valence-electron chi connectivity index (χ0n) is 17.0. The monoisotopic (exact) mass is 402 g/mol. The molecule has 1 atom stereocenters. The molecule has 0 radical (unpaired) electrons. The Kier molecular flexibility index (Phi) is 5.62. The second kappa shape index (κ2) is 7.67. The van der Waals surface area contributed by atoms with Crippen LogP contribution >= 0.6 is 11.6 Å². The summed E-state index contributed by atoms with van der Waals surface area (Å²) in [4.78, 5) is 11.4. The van der Waals surface area contributed by atoms with Crippen LogP contribution in [-0.4, -0.2) is 16.7 Å². The first-order chi connectivity index (χ1) is 13.1. The minimum atomic E-state index is -0.829. The maximum Gasteiger partial charge on any atom is 0.310 e. The summed E-state index contributed by atoms with van der Waals surface area (Å²) in [7, 11) is 0. The van der Waals surface area contributed by atoms with E-state index in [1.807, 2.05) is 30.3 Å². The molecule has 0 aliphatic carbocycles. The number of hydrogen-bond donors (Lipinski definition) is 1. The largest absolute Gasteiger partial charge is 0.489 e. The molecule has 28 heavy (non-hydrogen) atoms. The first kappa shape index (κ1) is 20.5. The van der Waals surface area contributed by atoms with E-state index in [-0.39, 0.29) is 11.5 Å². The molecule has 1 aliphatic rings. The Morgan fingerprint density at radius 2 is 1.93 bits per heavy atom. The third kappa shape index (κ3) is 4.27. The number of halogens is 1. The number of benzene rings is 2. The van der Waals surface area contributed by atoms with Crippen molar-refractivity contribution in [2.45, 2.75) is 65.1 Å². The Morgan fingerprint density at radius 3 is 2.57 bits per heavy atom. The molecule has 2 aromatic carbocycles. The van der Waals surface area contributed by atoms with Gasteiger partial charge in [-0.3, -0.25) is 4.79 Å². The average molecular weight is 403 g/mol. The zero-order valence-corrected chi connectivity index (χ0v) is 17.8. The van der Waals surface area contributed by atoms with Crippen LogP contribution in [0.5, 0.6) is 11.5 Å². The maximum absolute atomic E-state index is 11.4. The van der Waals surface area contributed by atoms with Crippen molar-refractivity contribution in [3.05, 3.63) is 57.6 Å². The van der Waals surface area contributed by atoms with Gasteiger partial charge >= 0.3 is 5.97 Å². The molecule has 1 unspecified atom stereocenters. The molecule has 3 rings (SSSR count). The van der Waals surface area contributed by atoms with Crippen LogP contribution in [0, 0.1) is 0 Å². The number of ether oxygens (including phenoxy) is 2. The number of fused-ring (bicyclic) bond motifs is 1. The SMILES string of the molecule is CC(C)c1cc(OCc2cc(Cl)cc3c2OC(C)(C)C3)ccc1C(C)C(=O)O. The lowest BCUT2D eigenvalue weighted by molar-refractivity contribution is -0.138. The van der Waals surface area contributed by atoms with Crippen molar-refractivity contribution in [3.63, 3.8) is 0 Å². The van der Waals surface area contributed by atoms with Crippen molar-refractivity contribution < 1.29 is 19.4 Å². The van der Waals surface area contributed by atoms with E-state index in [1.165, 1.54) is 0 Å². The molecule has 0 saturated heterocycles. The lowest BCUT2D eigenvalue weighted by Gasteiger charge is -2.19. The molecule has 1 heterocycles. The van der Waals surface area contributed by atoms with Crippen molar-refractivity contribution in [2.75, 3.05) is 0 Å². The van der Waals surface area contributed by atoms with Crippen molar-refractivity contribution >= 4 is 17.6 Å². The lowest BCUT2D eigenvalue weighted by Crippen LogP contribution is -2.25. The van der Waals surface area contributed by atoms with Crippen molar-refractivity contribution in [3.8, 4) is 11.5 Å². The van der Waals surface area contributed by atoms with Crippen LogP contribution in [0.2, 0.25) is 5.02 Å². The molecule has 1 N–H and O–H groups in total. The van der Waals surface area contributed by atoms with Gasteiger partial charge in [0.15, 0.2) is 0 Å². The van der Waals surface area contributed by atoms with Gasteiger partial charge in [0.25, 0.3) is 0 Å². The van der Waals surface area contributed by atoms with Gasteiger partial charge in [-0.05, 0) is 67.6 Å². The summed E-state index contributed by atoms with van der Waals surface area (Å²) in [5.74, 6) is 0.369. The van der Waals surface area contributed by atoms with Gasteiger partial charge in [-0.2, -0.15) is 0 Å². The third-order valence-electron chi connectivity index (χ3n) is 5.11. The minimum absolute atomic E-state index is 0.194. The fourth-order valence-electron chi connectivity index (χ4n) is 3.68. The van der Waals surface area contributed by atoms with E-state index in [0.717, 1.165) is 34.4 Å². The molecule has 2 aromatic rings. The van der Waals surface area contributed by atoms with Crippen LogP contribution in [-0.2, 0) is 17.8 Å². The summed E-state index contributed by atoms with van der Waals surface area (Å²) in [5, 5.41) is 10.0. The van der Waals surface area contributed by atoms with E-state index in [9.17, 15) is 9.90 Å². The average Bonchev–Trinajstić information content (AvgIpc) is 2.92. The number of aliphatic carboxylic acids is 1. The molecule has 0 amide bonds. The highest BCUT2D eigenvalue weighted by Gasteiger charge is 2.32. The molecule has 0 fully saturated rings. The van der Waals surface area contributed by atoms with E-state index in [4.69, 9.17) is 21.1 Å². The maximum atomic E-state index is 11.4. The van der Waals surface area contributed by atoms with E-state index in [0.29, 0.717) is 17.4 Å². The quantitative estimate of drug-likeness (QED) is 0.649. The number of rotatable bonds is 6. The summed E-state index contributed by atoms with van der Waals surface area (Å²) in [6.07, 6.45) is 0.815. The number of carboxylic acid groups (broad SMARTS) is 1. The smallest absolute Gasteiger partial charge is 0.310 e. The van der Waals surface area contributed by atoms with Crippen LogP contribution in [0.25, 0.3) is 0 Å². The second-order valence-electron chi connectivity index (χ2n) is 8.39. The van der Waals surface area contributed by atoms with Crippen LogP contribution in [0.1, 0.15) is 68.7 Å². The van der Waals surface area contributed by atoms with E-state index in [2.05, 4.69) is 27.7 Å². The highest BCUT2D eigenvalue weighted by molar-refractivity contribution is 6.30. The molecular formula is C23H27ClO4. The van der Waals surface area contributed by atoms with Gasteiger partial charge in [-0.25, -0.2) is 0 Å². The van der Waals surface area contributed by atoms with Crippen molar-refractivity contribution in [1.29, 1.82) is 0 Å². The van der Waals surface area contributed by atoms with Crippen molar-refractivity contribution in [2.24, 2.45) is 0 Å². The van der Waals surface area contributed by atoms with Gasteiger partial charge in [0, 0.05) is 17.0 Å². The summed E-state index contributed by atoms with van der Waals surface area (Å²) in [5.41, 5.74) is 3.58. The van der Waals surface area contributed by atoms with Crippen LogP contribution < -0.4 is 9.47 Å². The minimum Gasteiger partial charge on any atom is -0.489 e. The van der Waals surface area contributed by atoms with Crippen molar-refractivity contribution in [1.82, 2.24) is 0 Å². The standard InChI is InChI=1S/C23H27ClO4/c1-13(2)20-10-18(6-7-19(20)14(3)22(25)26)27-12-16-9-17(24)8-15-11-23(4,5)28-21(15)16/h6-10,13-14H,11-12H2,1-5H3,(H,25,26). The molecule has 0 saturated carbocycles. The normalized spacial score (nSPS) is 15.8. The van der Waals surface area contributed by atoms with Gasteiger partial charge in [-0.15, -0.1) is 0 Å². The predicted molar refractivity (Wildman–Crippen MR) is 111 cm³/mol. The molecule has 0 spiro atoms. The van der Waals surface area contributed by atoms with Crippen LogP contribution in [0.4, 0.5) is 0 Å². The molecular weight excluding hydrogens is 376 g/mol. The molecule has 4 nitrogen and oxygen atoms in total. The third-order valence-corrected chi connectivity index (χ3v) is 5.33. The molecule has 0 aromatic heterocycles. The number of carbonyl (C=O) groups is 1. The molecule has 0 bridgehead atoms. The second-order valence-corrected chi connectivity index (χ2v) is 8.82. The predicted octanol–water partition coefficient (Wildman–Crippen LogP) is 5.94. The van der Waals surface area contributed by atoms with E-state index in [1.54, 1.807) is 6.92 Å². The fraction of sp³-hybridized carbons (Fsp3) is 0.435. The number of hydrogen-bond acceptors (Lipinski definition) is 3. The van der Waals surface area contributed by atoms with Gasteiger partial charge in [0.1, 0.15) is 23.7 Å². The number of carboxylic acids is 1. The first-order valence-corrected chi connectivity index (χ1v) is 9.95. The molecule has 5 heteroatoms. The zero-order chi connectivity index (χ0) is 20.6. The first-order valence-electron chi connectivity index (χ1n) is 9.57. The fourth-order valence-corrected chi connectivity index (χ4v) is 3.95.